The van der Waals surface area contributed by atoms with Gasteiger partial charge in [0.05, 0.1) is 6.61 Å². The van der Waals surface area contributed by atoms with E-state index in [1.165, 1.54) is 6.33 Å². The Labute approximate surface area is 45.9 Å². The molecule has 2 heterocycles. The summed E-state index contributed by atoms with van der Waals surface area (Å²) in [6, 6.07) is 0. The molecule has 1 N–H and O–H groups in total. The molecule has 0 spiro atoms. The van der Waals surface area contributed by atoms with Crippen LogP contribution in [0, 0.1) is 0 Å². The van der Waals surface area contributed by atoms with E-state index in [-0.39, 0.29) is 6.10 Å². The van der Waals surface area contributed by atoms with Crippen LogP contribution >= 0.6 is 0 Å². The fourth-order valence-corrected chi connectivity index (χ4v) is 0.576. The van der Waals surface area contributed by atoms with Crippen molar-refractivity contribution in [2.75, 3.05) is 6.61 Å². The van der Waals surface area contributed by atoms with E-state index in [0.717, 1.165) is 12.4 Å². The van der Waals surface area contributed by atoms with Crippen LogP contribution in [-0.4, -0.2) is 21.8 Å². The van der Waals surface area contributed by atoms with E-state index in [0.29, 0.717) is 0 Å². The summed E-state index contributed by atoms with van der Waals surface area (Å²) in [5.74, 6) is 0.838. The van der Waals surface area contributed by atoms with E-state index in [9.17, 15) is 0 Å². The summed E-state index contributed by atoms with van der Waals surface area (Å²) in [5, 5.41) is 6.38. The molecule has 1 aliphatic heterocycles. The van der Waals surface area contributed by atoms with E-state index in [2.05, 4.69) is 15.2 Å². The van der Waals surface area contributed by atoms with Gasteiger partial charge in [-0.2, -0.15) is 5.10 Å². The normalized spacial score (nSPS) is 25.8. The maximum atomic E-state index is 4.92. The molecule has 1 aromatic heterocycles. The molecule has 1 aliphatic rings. The third kappa shape index (κ3) is 0.500. The Kier molecular flexibility index (Phi) is 0.648. The summed E-state index contributed by atoms with van der Waals surface area (Å²) in [6.45, 7) is 0.787. The highest BCUT2D eigenvalue weighted by Gasteiger charge is 2.27. The Bertz CT molecular complexity index is 167. The number of nitrogens with zero attached hydrogens (tertiary/aromatic N) is 2. The van der Waals surface area contributed by atoms with Crippen LogP contribution in [0.25, 0.3) is 0 Å². The topological polar surface area (TPSA) is 54.1 Å². The van der Waals surface area contributed by atoms with Gasteiger partial charge in [-0.05, 0) is 0 Å². The molecule has 1 aromatic rings. The minimum atomic E-state index is 0.206. The predicted octanol–water partition coefficient (Wildman–Crippen LogP) is -0.124. The fraction of sp³-hybridized carbons (Fsp3) is 0.500. The molecule has 1 atom stereocenters. The number of ether oxygens (including phenoxy) is 1. The van der Waals surface area contributed by atoms with Gasteiger partial charge in [0.1, 0.15) is 12.4 Å². The largest absolute Gasteiger partial charge is 0.365 e. The van der Waals surface area contributed by atoms with Crippen molar-refractivity contribution in [3.8, 4) is 0 Å². The molecule has 1 saturated heterocycles. The second-order valence-corrected chi connectivity index (χ2v) is 1.69. The predicted molar refractivity (Wildman–Crippen MR) is 25.1 cm³/mol. The number of nitrogens with one attached hydrogen (secondary N) is 1. The van der Waals surface area contributed by atoms with E-state index < -0.39 is 0 Å². The Morgan fingerprint density at radius 2 is 2.75 bits per heavy atom. The molecule has 4 nitrogen and oxygen atoms in total. The lowest BCUT2D eigenvalue weighted by Crippen LogP contribution is -1.81. The van der Waals surface area contributed by atoms with Crippen LogP contribution < -0.4 is 0 Å². The lowest BCUT2D eigenvalue weighted by molar-refractivity contribution is 0.407. The van der Waals surface area contributed by atoms with Crippen LogP contribution in [0.1, 0.15) is 11.9 Å². The highest BCUT2D eigenvalue weighted by Crippen LogP contribution is 2.25. The quantitative estimate of drug-likeness (QED) is 0.514. The van der Waals surface area contributed by atoms with Gasteiger partial charge in [0.15, 0.2) is 5.82 Å². The first-order valence-electron chi connectivity index (χ1n) is 2.43. The van der Waals surface area contributed by atoms with Crippen molar-refractivity contribution in [2.45, 2.75) is 6.10 Å². The van der Waals surface area contributed by atoms with Gasteiger partial charge < -0.3 is 4.74 Å². The molecule has 1 fully saturated rings. The van der Waals surface area contributed by atoms with Crippen LogP contribution in [0.3, 0.4) is 0 Å². The first-order valence-corrected chi connectivity index (χ1v) is 2.43. The Balaban J connectivity index is 2.28. The number of rotatable bonds is 1. The minimum absolute atomic E-state index is 0.206. The summed E-state index contributed by atoms with van der Waals surface area (Å²) < 4.78 is 4.92. The summed E-state index contributed by atoms with van der Waals surface area (Å²) in [4.78, 5) is 3.89. The fourth-order valence-electron chi connectivity index (χ4n) is 0.576. The molecule has 2 rings (SSSR count). The smallest absolute Gasteiger partial charge is 0.155 e. The second kappa shape index (κ2) is 1.29. The molecule has 0 amide bonds. The van der Waals surface area contributed by atoms with Crippen molar-refractivity contribution >= 4 is 0 Å². The van der Waals surface area contributed by atoms with Gasteiger partial charge in [-0.3, -0.25) is 5.10 Å². The zero-order chi connectivity index (χ0) is 5.40. The van der Waals surface area contributed by atoms with Gasteiger partial charge in [0.2, 0.25) is 0 Å². The Morgan fingerprint density at radius 1 is 1.88 bits per heavy atom. The molecule has 8 heavy (non-hydrogen) atoms. The third-order valence-corrected chi connectivity index (χ3v) is 1.07. The van der Waals surface area contributed by atoms with Crippen molar-refractivity contribution in [2.24, 2.45) is 0 Å². The molecular formula is C4H5N3O. The standard InChI is InChI=1S/C4H5N3O/c1-3(8-1)4-5-2-6-7-4/h2-3H,1H2,(H,5,6,7)/t3-/m0/s1. The van der Waals surface area contributed by atoms with Gasteiger partial charge >= 0.3 is 0 Å². The SMILES string of the molecule is c1n[nH]c([C@@H]2CO2)n1. The van der Waals surface area contributed by atoms with Crippen LogP contribution in [-0.2, 0) is 4.74 Å². The molecule has 0 aromatic carbocycles. The number of hydrogen-bond acceptors (Lipinski definition) is 3. The average Bonchev–Trinajstić information content (AvgIpc) is 2.49. The third-order valence-electron chi connectivity index (χ3n) is 1.07. The summed E-state index contributed by atoms with van der Waals surface area (Å²) >= 11 is 0. The van der Waals surface area contributed by atoms with Gasteiger partial charge in [-0.25, -0.2) is 4.98 Å². The van der Waals surface area contributed by atoms with E-state index in [1.807, 2.05) is 0 Å². The van der Waals surface area contributed by atoms with Gasteiger partial charge in [-0.1, -0.05) is 0 Å². The first-order chi connectivity index (χ1) is 3.97. The highest BCUT2D eigenvalue weighted by atomic mass is 16.6. The molecule has 4 heteroatoms. The number of aromatic nitrogens is 3. The molecule has 0 bridgehead atoms. The highest BCUT2D eigenvalue weighted by molar-refractivity contribution is 4.93. The van der Waals surface area contributed by atoms with Crippen molar-refractivity contribution in [3.05, 3.63) is 12.2 Å². The van der Waals surface area contributed by atoms with Crippen molar-refractivity contribution < 1.29 is 4.74 Å². The van der Waals surface area contributed by atoms with Crippen molar-refractivity contribution in [3.63, 3.8) is 0 Å². The second-order valence-electron chi connectivity index (χ2n) is 1.69. The molecule has 0 aliphatic carbocycles. The van der Waals surface area contributed by atoms with Crippen LogP contribution in [0.2, 0.25) is 0 Å². The van der Waals surface area contributed by atoms with E-state index in [4.69, 9.17) is 4.74 Å². The first kappa shape index (κ1) is 4.03. The Morgan fingerprint density at radius 3 is 3.25 bits per heavy atom. The number of epoxide rings is 1. The lowest BCUT2D eigenvalue weighted by Gasteiger charge is -1.77. The summed E-state index contributed by atoms with van der Waals surface area (Å²) in [5.41, 5.74) is 0. The summed E-state index contributed by atoms with van der Waals surface area (Å²) in [6.07, 6.45) is 1.69. The maximum Gasteiger partial charge on any atom is 0.155 e. The number of hydrogen-bond donors (Lipinski definition) is 1. The average molecular weight is 111 g/mol. The van der Waals surface area contributed by atoms with Crippen molar-refractivity contribution in [1.82, 2.24) is 15.2 Å². The van der Waals surface area contributed by atoms with Crippen LogP contribution in [0.5, 0.6) is 0 Å². The lowest BCUT2D eigenvalue weighted by atomic mass is 10.5. The monoisotopic (exact) mass is 111 g/mol. The van der Waals surface area contributed by atoms with Crippen molar-refractivity contribution in [1.29, 1.82) is 0 Å². The Hall–Kier alpha value is -0.900. The molecule has 0 unspecified atom stereocenters. The molecule has 42 valence electrons. The minimum Gasteiger partial charge on any atom is -0.365 e. The van der Waals surface area contributed by atoms with E-state index >= 15 is 0 Å². The van der Waals surface area contributed by atoms with Crippen LogP contribution in [0.4, 0.5) is 0 Å². The van der Waals surface area contributed by atoms with Crippen LogP contribution in [0.15, 0.2) is 6.33 Å². The number of H-pyrrole nitrogens is 1. The number of aromatic amines is 1. The maximum absolute atomic E-state index is 4.92. The molecule has 0 saturated carbocycles. The zero-order valence-corrected chi connectivity index (χ0v) is 4.16. The van der Waals surface area contributed by atoms with E-state index in [1.54, 1.807) is 0 Å². The summed E-state index contributed by atoms with van der Waals surface area (Å²) in [7, 11) is 0. The van der Waals surface area contributed by atoms with Gasteiger partial charge in [-0.15, -0.1) is 0 Å². The molecule has 0 radical (unpaired) electrons. The molecular weight excluding hydrogens is 106 g/mol. The van der Waals surface area contributed by atoms with Gasteiger partial charge in [0, 0.05) is 0 Å². The zero-order valence-electron chi connectivity index (χ0n) is 4.16. The van der Waals surface area contributed by atoms with Gasteiger partial charge in [0.25, 0.3) is 0 Å².